The van der Waals surface area contributed by atoms with Crippen molar-refractivity contribution in [2.45, 2.75) is 37.8 Å². The minimum absolute atomic E-state index is 0.0317. The van der Waals surface area contributed by atoms with Crippen LogP contribution in [0.4, 0.5) is 0 Å². The molecule has 18 heavy (non-hydrogen) atoms. The van der Waals surface area contributed by atoms with E-state index in [4.69, 9.17) is 10.00 Å². The van der Waals surface area contributed by atoms with Crippen molar-refractivity contribution in [2.75, 3.05) is 0 Å². The molecule has 1 aromatic carbocycles. The van der Waals surface area contributed by atoms with Gasteiger partial charge in [0.05, 0.1) is 17.1 Å². The molecule has 0 aliphatic rings. The molecule has 1 N–H and O–H groups in total. The van der Waals surface area contributed by atoms with Crippen molar-refractivity contribution in [2.24, 2.45) is 0 Å². The second kappa shape index (κ2) is 5.85. The van der Waals surface area contributed by atoms with Gasteiger partial charge in [0.25, 0.3) is 0 Å². The zero-order valence-electron chi connectivity index (χ0n) is 10.5. The molecule has 1 unspecified atom stereocenters. The summed E-state index contributed by atoms with van der Waals surface area (Å²) in [5.74, 6) is 0.609. The molecule has 0 radical (unpaired) electrons. The van der Waals surface area contributed by atoms with Crippen LogP contribution in [-0.2, 0) is 10.0 Å². The van der Waals surface area contributed by atoms with Gasteiger partial charge in [-0.1, -0.05) is 0 Å². The monoisotopic (exact) mass is 268 g/mol. The van der Waals surface area contributed by atoms with Crippen molar-refractivity contribution in [1.82, 2.24) is 4.72 Å². The number of nitrogens with zero attached hydrogens (tertiary/aromatic N) is 1. The van der Waals surface area contributed by atoms with Gasteiger partial charge in [-0.2, -0.15) is 9.98 Å². The fraction of sp³-hybridized carbons (Fsp3) is 0.417. The van der Waals surface area contributed by atoms with E-state index in [2.05, 4.69) is 4.72 Å². The second-order valence-corrected chi connectivity index (χ2v) is 5.82. The number of sulfonamides is 1. The summed E-state index contributed by atoms with van der Waals surface area (Å²) >= 11 is 0. The van der Waals surface area contributed by atoms with Crippen molar-refractivity contribution < 1.29 is 13.2 Å². The number of rotatable bonds is 5. The highest BCUT2D eigenvalue weighted by Gasteiger charge is 2.16. The number of nitriles is 1. The molecule has 1 aromatic rings. The van der Waals surface area contributed by atoms with Crippen LogP contribution in [0.15, 0.2) is 29.2 Å². The molecule has 1 atom stereocenters. The molecule has 5 nitrogen and oxygen atoms in total. The zero-order valence-corrected chi connectivity index (χ0v) is 11.4. The zero-order chi connectivity index (χ0) is 13.8. The summed E-state index contributed by atoms with van der Waals surface area (Å²) < 4.78 is 31.3. The Morgan fingerprint density at radius 3 is 2.22 bits per heavy atom. The molecule has 0 aromatic heterocycles. The molecule has 0 saturated carbocycles. The standard InChI is InChI=1S/C12H16N2O3S/c1-9(2)17-11-4-6-12(7-5-11)18(15,16)14-10(3)8-13/h4-7,9-10,14H,1-3H3. The Morgan fingerprint density at radius 2 is 1.78 bits per heavy atom. The van der Waals surface area contributed by atoms with Gasteiger partial charge in [0, 0.05) is 0 Å². The minimum Gasteiger partial charge on any atom is -0.491 e. The van der Waals surface area contributed by atoms with E-state index in [1.165, 1.54) is 19.1 Å². The third kappa shape index (κ3) is 4.02. The molecule has 0 fully saturated rings. The summed E-state index contributed by atoms with van der Waals surface area (Å²) in [6.45, 7) is 5.26. The van der Waals surface area contributed by atoms with E-state index in [9.17, 15) is 8.42 Å². The van der Waals surface area contributed by atoms with Crippen molar-refractivity contribution >= 4 is 10.0 Å². The first-order valence-electron chi connectivity index (χ1n) is 5.54. The Morgan fingerprint density at radius 1 is 1.22 bits per heavy atom. The van der Waals surface area contributed by atoms with Crippen molar-refractivity contribution in [1.29, 1.82) is 5.26 Å². The van der Waals surface area contributed by atoms with Crippen LogP contribution in [0.1, 0.15) is 20.8 Å². The Balaban J connectivity index is 2.88. The summed E-state index contributed by atoms with van der Waals surface area (Å²) in [5, 5.41) is 8.59. The lowest BCUT2D eigenvalue weighted by molar-refractivity contribution is 0.242. The average molecular weight is 268 g/mol. The van der Waals surface area contributed by atoms with Gasteiger partial charge in [0.2, 0.25) is 10.0 Å². The molecule has 98 valence electrons. The predicted molar refractivity (Wildman–Crippen MR) is 67.6 cm³/mol. The molecule has 1 rings (SSSR count). The number of hydrogen-bond donors (Lipinski definition) is 1. The minimum atomic E-state index is -3.64. The van der Waals surface area contributed by atoms with Crippen LogP contribution in [0.2, 0.25) is 0 Å². The predicted octanol–water partition coefficient (Wildman–Crippen LogP) is 1.66. The molecule has 0 amide bonds. The van der Waals surface area contributed by atoms with Crippen LogP contribution in [0.25, 0.3) is 0 Å². The number of hydrogen-bond acceptors (Lipinski definition) is 4. The largest absolute Gasteiger partial charge is 0.491 e. The van der Waals surface area contributed by atoms with Crippen LogP contribution in [0, 0.1) is 11.3 Å². The van der Waals surface area contributed by atoms with Gasteiger partial charge in [0.15, 0.2) is 0 Å². The van der Waals surface area contributed by atoms with Gasteiger partial charge in [-0.05, 0) is 45.0 Å². The Labute approximate surface area is 107 Å². The highest BCUT2D eigenvalue weighted by atomic mass is 32.2. The first-order valence-corrected chi connectivity index (χ1v) is 7.02. The normalized spacial score (nSPS) is 13.1. The molecular weight excluding hydrogens is 252 g/mol. The second-order valence-electron chi connectivity index (χ2n) is 4.11. The molecule has 0 aliphatic carbocycles. The van der Waals surface area contributed by atoms with Gasteiger partial charge in [-0.3, -0.25) is 0 Å². The molecule has 0 heterocycles. The van der Waals surface area contributed by atoms with Gasteiger partial charge in [0.1, 0.15) is 11.8 Å². The summed E-state index contributed by atoms with van der Waals surface area (Å²) in [5.41, 5.74) is 0. The molecular formula is C12H16N2O3S. The summed E-state index contributed by atoms with van der Waals surface area (Å²) in [4.78, 5) is 0.112. The van der Waals surface area contributed by atoms with E-state index in [1.807, 2.05) is 19.9 Å². The van der Waals surface area contributed by atoms with E-state index >= 15 is 0 Å². The lowest BCUT2D eigenvalue weighted by atomic mass is 10.3. The highest BCUT2D eigenvalue weighted by molar-refractivity contribution is 7.89. The third-order valence-electron chi connectivity index (χ3n) is 2.03. The number of benzene rings is 1. The fourth-order valence-corrected chi connectivity index (χ4v) is 2.45. The van der Waals surface area contributed by atoms with Gasteiger partial charge >= 0.3 is 0 Å². The van der Waals surface area contributed by atoms with Crippen LogP contribution in [0.5, 0.6) is 5.75 Å². The third-order valence-corrected chi connectivity index (χ3v) is 3.59. The number of ether oxygens (including phenoxy) is 1. The van der Waals surface area contributed by atoms with Gasteiger partial charge < -0.3 is 4.74 Å². The smallest absolute Gasteiger partial charge is 0.241 e. The molecule has 0 bridgehead atoms. The quantitative estimate of drug-likeness (QED) is 0.880. The van der Waals surface area contributed by atoms with Crippen LogP contribution in [-0.4, -0.2) is 20.6 Å². The highest BCUT2D eigenvalue weighted by Crippen LogP contribution is 2.17. The molecule has 6 heteroatoms. The van der Waals surface area contributed by atoms with E-state index < -0.39 is 16.1 Å². The van der Waals surface area contributed by atoms with E-state index in [-0.39, 0.29) is 11.0 Å². The SMILES string of the molecule is CC(C#N)NS(=O)(=O)c1ccc(OC(C)C)cc1. The van der Waals surface area contributed by atoms with Gasteiger partial charge in [-0.25, -0.2) is 8.42 Å². The van der Waals surface area contributed by atoms with Crippen LogP contribution in [0.3, 0.4) is 0 Å². The fourth-order valence-electron chi connectivity index (χ4n) is 1.30. The maximum Gasteiger partial charge on any atom is 0.241 e. The molecule has 0 saturated heterocycles. The Bertz CT molecular complexity index is 529. The van der Waals surface area contributed by atoms with Crippen LogP contribution < -0.4 is 9.46 Å². The lowest BCUT2D eigenvalue weighted by Crippen LogP contribution is -2.31. The van der Waals surface area contributed by atoms with Gasteiger partial charge in [-0.15, -0.1) is 0 Å². The van der Waals surface area contributed by atoms with Crippen molar-refractivity contribution in [3.05, 3.63) is 24.3 Å². The maximum atomic E-state index is 11.8. The summed E-state index contributed by atoms with van der Waals surface area (Å²) in [7, 11) is -3.64. The Hall–Kier alpha value is -1.58. The first kappa shape index (κ1) is 14.5. The maximum absolute atomic E-state index is 11.8. The Kier molecular flexibility index (Phi) is 4.70. The van der Waals surface area contributed by atoms with E-state index in [0.29, 0.717) is 5.75 Å². The molecule has 0 spiro atoms. The average Bonchev–Trinajstić information content (AvgIpc) is 2.28. The summed E-state index contributed by atoms with van der Waals surface area (Å²) in [6, 6.07) is 7.13. The van der Waals surface area contributed by atoms with Crippen LogP contribution >= 0.6 is 0 Å². The van der Waals surface area contributed by atoms with E-state index in [0.717, 1.165) is 0 Å². The molecule has 0 aliphatic heterocycles. The lowest BCUT2D eigenvalue weighted by Gasteiger charge is -2.11. The number of nitrogens with one attached hydrogen (secondary N) is 1. The first-order chi connectivity index (χ1) is 8.35. The van der Waals surface area contributed by atoms with Crippen molar-refractivity contribution in [3.63, 3.8) is 0 Å². The van der Waals surface area contributed by atoms with Crippen molar-refractivity contribution in [3.8, 4) is 11.8 Å². The van der Waals surface area contributed by atoms with E-state index in [1.54, 1.807) is 12.1 Å². The topological polar surface area (TPSA) is 79.2 Å². The summed E-state index contributed by atoms with van der Waals surface area (Å²) in [6.07, 6.45) is 0.0317.